The fourth-order valence-corrected chi connectivity index (χ4v) is 3.36. The van der Waals surface area contributed by atoms with Crippen LogP contribution in [0.3, 0.4) is 0 Å². The van der Waals surface area contributed by atoms with E-state index in [1.165, 1.54) is 42.7 Å². The molecule has 146 valence electrons. The quantitative estimate of drug-likeness (QED) is 0.377. The molecular weight excluding hydrogens is 404 g/mol. The number of anilines is 1. The largest absolute Gasteiger partial charge is 0.507 e. The summed E-state index contributed by atoms with van der Waals surface area (Å²) in [6.07, 6.45) is 1.32. The summed E-state index contributed by atoms with van der Waals surface area (Å²) in [6, 6.07) is 10.4. The molecule has 1 atom stereocenters. The minimum absolute atomic E-state index is 0.128. The van der Waals surface area contributed by atoms with E-state index in [0.29, 0.717) is 11.1 Å². The lowest BCUT2D eigenvalue weighted by atomic mass is 9.99. The molecule has 1 fully saturated rings. The highest BCUT2D eigenvalue weighted by atomic mass is 35.5. The Kier molecular flexibility index (Phi) is 4.68. The van der Waals surface area contributed by atoms with Gasteiger partial charge < -0.3 is 9.52 Å². The van der Waals surface area contributed by atoms with E-state index in [1.54, 1.807) is 0 Å². The highest BCUT2D eigenvalue weighted by Crippen LogP contribution is 2.43. The van der Waals surface area contributed by atoms with Gasteiger partial charge in [-0.2, -0.15) is 0 Å². The van der Waals surface area contributed by atoms with Crippen molar-refractivity contribution in [3.8, 4) is 0 Å². The molecule has 4 rings (SSSR count). The van der Waals surface area contributed by atoms with Gasteiger partial charge in [0.15, 0.2) is 0 Å². The molecule has 8 heteroatoms. The van der Waals surface area contributed by atoms with E-state index in [9.17, 15) is 23.5 Å². The molecule has 0 bridgehead atoms. The van der Waals surface area contributed by atoms with Crippen LogP contribution in [0.2, 0.25) is 5.02 Å². The van der Waals surface area contributed by atoms with Crippen LogP contribution in [0.15, 0.2) is 70.9 Å². The number of carbonyl (C=O) groups excluding carboxylic acids is 2. The first kappa shape index (κ1) is 18.9. The normalized spacial score (nSPS) is 18.4. The summed E-state index contributed by atoms with van der Waals surface area (Å²) >= 11 is 5.86. The Morgan fingerprint density at radius 3 is 2.41 bits per heavy atom. The number of hydrogen-bond donors (Lipinski definition) is 1. The predicted octanol–water partition coefficient (Wildman–Crippen LogP) is 4.84. The number of halogens is 3. The van der Waals surface area contributed by atoms with Crippen LogP contribution in [0.25, 0.3) is 5.76 Å². The number of benzene rings is 2. The molecule has 1 aliphatic rings. The van der Waals surface area contributed by atoms with Crippen LogP contribution in [0.5, 0.6) is 0 Å². The first-order valence-electron chi connectivity index (χ1n) is 8.44. The van der Waals surface area contributed by atoms with Crippen molar-refractivity contribution in [1.82, 2.24) is 0 Å². The number of amides is 1. The summed E-state index contributed by atoms with van der Waals surface area (Å²) in [5.74, 6) is -4.31. The van der Waals surface area contributed by atoms with Crippen LogP contribution in [0.4, 0.5) is 14.5 Å². The molecule has 1 saturated heterocycles. The van der Waals surface area contributed by atoms with Crippen molar-refractivity contribution in [2.75, 3.05) is 4.90 Å². The minimum Gasteiger partial charge on any atom is -0.507 e. The Morgan fingerprint density at radius 2 is 1.79 bits per heavy atom. The van der Waals surface area contributed by atoms with Crippen LogP contribution < -0.4 is 4.90 Å². The Morgan fingerprint density at radius 1 is 1.07 bits per heavy atom. The molecule has 1 aliphatic heterocycles. The highest BCUT2D eigenvalue weighted by molar-refractivity contribution is 6.51. The van der Waals surface area contributed by atoms with Crippen LogP contribution >= 0.6 is 11.6 Å². The maximum absolute atomic E-state index is 14.4. The summed E-state index contributed by atoms with van der Waals surface area (Å²) in [4.78, 5) is 26.4. The molecule has 1 aromatic heterocycles. The van der Waals surface area contributed by atoms with E-state index in [0.717, 1.165) is 17.0 Å². The Labute approximate surface area is 168 Å². The first-order chi connectivity index (χ1) is 13.9. The number of ketones is 1. The predicted molar refractivity (Wildman–Crippen MR) is 101 cm³/mol. The zero-order valence-corrected chi connectivity index (χ0v) is 15.4. The lowest BCUT2D eigenvalue weighted by Crippen LogP contribution is -2.30. The Balaban J connectivity index is 1.94. The number of aliphatic hydroxyl groups excluding tert-OH is 1. The van der Waals surface area contributed by atoms with E-state index in [2.05, 4.69) is 0 Å². The number of hydrogen-bond acceptors (Lipinski definition) is 4. The lowest BCUT2D eigenvalue weighted by molar-refractivity contribution is -0.132. The van der Waals surface area contributed by atoms with Gasteiger partial charge in [0.1, 0.15) is 29.2 Å². The van der Waals surface area contributed by atoms with Gasteiger partial charge in [-0.3, -0.25) is 14.5 Å². The van der Waals surface area contributed by atoms with Crippen molar-refractivity contribution in [3.05, 3.63) is 94.4 Å². The standard InChI is InChI=1S/C21H12ClF2NO4/c22-12-5-3-11(4-6-12)19(26)17-18(16-2-1-9-29-16)25(21(28)20(17)27)15-8-7-13(23)10-14(15)24/h1-10,18,26H/b19-17-. The zero-order valence-electron chi connectivity index (χ0n) is 14.6. The highest BCUT2D eigenvalue weighted by Gasteiger charge is 2.49. The topological polar surface area (TPSA) is 70.8 Å². The third-order valence-electron chi connectivity index (χ3n) is 4.54. The SMILES string of the molecule is O=C1C(=O)N(c2ccc(F)cc2F)C(c2ccco2)/C1=C(/O)c1ccc(Cl)cc1. The molecule has 5 nitrogen and oxygen atoms in total. The zero-order chi connectivity index (χ0) is 20.7. The monoisotopic (exact) mass is 415 g/mol. The lowest BCUT2D eigenvalue weighted by Gasteiger charge is -2.23. The van der Waals surface area contributed by atoms with Gasteiger partial charge in [-0.1, -0.05) is 11.6 Å². The van der Waals surface area contributed by atoms with Crippen molar-refractivity contribution in [3.63, 3.8) is 0 Å². The van der Waals surface area contributed by atoms with Crippen LogP contribution in [0, 0.1) is 11.6 Å². The molecule has 0 aliphatic carbocycles. The van der Waals surface area contributed by atoms with Crippen molar-refractivity contribution in [1.29, 1.82) is 0 Å². The first-order valence-corrected chi connectivity index (χ1v) is 8.81. The van der Waals surface area contributed by atoms with E-state index in [1.807, 2.05) is 0 Å². The van der Waals surface area contributed by atoms with Gasteiger partial charge in [0, 0.05) is 16.7 Å². The van der Waals surface area contributed by atoms with Crippen LogP contribution in [-0.4, -0.2) is 16.8 Å². The van der Waals surface area contributed by atoms with Gasteiger partial charge in [-0.25, -0.2) is 8.78 Å². The summed E-state index contributed by atoms with van der Waals surface area (Å²) in [7, 11) is 0. The number of carbonyl (C=O) groups is 2. The third-order valence-corrected chi connectivity index (χ3v) is 4.80. The summed E-state index contributed by atoms with van der Waals surface area (Å²) in [5.41, 5.74) is -0.357. The average Bonchev–Trinajstić information content (AvgIpc) is 3.30. The van der Waals surface area contributed by atoms with E-state index < -0.39 is 35.1 Å². The molecule has 2 aromatic carbocycles. The minimum atomic E-state index is -1.24. The molecule has 0 spiro atoms. The van der Waals surface area contributed by atoms with Gasteiger partial charge in [-0.15, -0.1) is 0 Å². The van der Waals surface area contributed by atoms with E-state index in [4.69, 9.17) is 16.0 Å². The molecule has 0 radical (unpaired) electrons. The second-order valence-electron chi connectivity index (χ2n) is 6.29. The van der Waals surface area contributed by atoms with Crippen molar-refractivity contribution in [2.24, 2.45) is 0 Å². The second kappa shape index (κ2) is 7.18. The molecule has 29 heavy (non-hydrogen) atoms. The van der Waals surface area contributed by atoms with Crippen molar-refractivity contribution in [2.45, 2.75) is 6.04 Å². The smallest absolute Gasteiger partial charge is 0.300 e. The molecule has 1 unspecified atom stereocenters. The van der Waals surface area contributed by atoms with E-state index in [-0.39, 0.29) is 22.6 Å². The molecular formula is C21H12ClF2NO4. The second-order valence-corrected chi connectivity index (χ2v) is 6.72. The number of nitrogens with zero attached hydrogens (tertiary/aromatic N) is 1. The summed E-state index contributed by atoms with van der Waals surface area (Å²) in [6.45, 7) is 0. The van der Waals surface area contributed by atoms with Gasteiger partial charge in [0.25, 0.3) is 11.7 Å². The molecule has 0 saturated carbocycles. The molecule has 2 heterocycles. The fraction of sp³-hybridized carbons (Fsp3) is 0.0476. The number of Topliss-reactive ketones (excluding diaryl/α,β-unsaturated/α-hetero) is 1. The Hall–Kier alpha value is -3.45. The van der Waals surface area contributed by atoms with Gasteiger partial charge >= 0.3 is 0 Å². The Bertz CT molecular complexity index is 1140. The molecule has 1 N–H and O–H groups in total. The number of rotatable bonds is 3. The number of furan rings is 1. The van der Waals surface area contributed by atoms with Gasteiger partial charge in [0.2, 0.25) is 0 Å². The maximum Gasteiger partial charge on any atom is 0.300 e. The maximum atomic E-state index is 14.4. The summed E-state index contributed by atoms with van der Waals surface area (Å²) < 4.78 is 33.1. The van der Waals surface area contributed by atoms with E-state index >= 15 is 0 Å². The van der Waals surface area contributed by atoms with Gasteiger partial charge in [-0.05, 0) is 48.5 Å². The molecule has 3 aromatic rings. The summed E-state index contributed by atoms with van der Waals surface area (Å²) in [5, 5.41) is 11.2. The van der Waals surface area contributed by atoms with Crippen molar-refractivity contribution >= 4 is 34.7 Å². The molecule has 1 amide bonds. The number of aliphatic hydroxyl groups is 1. The van der Waals surface area contributed by atoms with Crippen LogP contribution in [-0.2, 0) is 9.59 Å². The van der Waals surface area contributed by atoms with Gasteiger partial charge in [0.05, 0.1) is 17.5 Å². The van der Waals surface area contributed by atoms with Crippen LogP contribution in [0.1, 0.15) is 17.4 Å². The van der Waals surface area contributed by atoms with Crippen molar-refractivity contribution < 1.29 is 27.9 Å². The average molecular weight is 416 g/mol. The third kappa shape index (κ3) is 3.19. The fourth-order valence-electron chi connectivity index (χ4n) is 3.24.